The van der Waals surface area contributed by atoms with Gasteiger partial charge in [-0.25, -0.2) is 4.79 Å². The van der Waals surface area contributed by atoms with Gasteiger partial charge < -0.3 is 10.1 Å². The number of carbonyl (C=O) groups excluding carboxylic acids is 2. The van der Waals surface area contributed by atoms with E-state index in [1.807, 2.05) is 45.0 Å². The summed E-state index contributed by atoms with van der Waals surface area (Å²) in [6, 6.07) is 7.34. The maximum absolute atomic E-state index is 12.0. The molecule has 1 unspecified atom stereocenters. The van der Waals surface area contributed by atoms with Gasteiger partial charge in [0.1, 0.15) is 6.04 Å². The van der Waals surface area contributed by atoms with Crippen molar-refractivity contribution in [3.8, 4) is 0 Å². The third kappa shape index (κ3) is 6.21. The minimum atomic E-state index is -0.569. The molecule has 1 aromatic carbocycles. The molecule has 0 radical (unpaired) electrons. The largest absolute Gasteiger partial charge is 0.467 e. The summed E-state index contributed by atoms with van der Waals surface area (Å²) in [5.74, 6) is 0.0480. The molecule has 0 saturated carbocycles. The van der Waals surface area contributed by atoms with E-state index in [0.29, 0.717) is 12.3 Å². The van der Waals surface area contributed by atoms with Crippen LogP contribution in [0.5, 0.6) is 0 Å². The van der Waals surface area contributed by atoms with Gasteiger partial charge in [-0.3, -0.25) is 4.79 Å². The van der Waals surface area contributed by atoms with E-state index in [1.54, 1.807) is 0 Å². The van der Waals surface area contributed by atoms with E-state index in [0.717, 1.165) is 10.5 Å². The molecular weight excluding hydrogens is 286 g/mol. The van der Waals surface area contributed by atoms with Crippen LogP contribution in [0, 0.1) is 12.8 Å². The van der Waals surface area contributed by atoms with Gasteiger partial charge in [0.2, 0.25) is 5.91 Å². The van der Waals surface area contributed by atoms with Crippen LogP contribution in [-0.2, 0) is 14.3 Å². The number of hydrogen-bond donors (Lipinski definition) is 1. The number of rotatable bonds is 7. The molecule has 116 valence electrons. The molecule has 0 aromatic heterocycles. The van der Waals surface area contributed by atoms with Gasteiger partial charge in [-0.1, -0.05) is 32.0 Å². The first kappa shape index (κ1) is 17.6. The van der Waals surface area contributed by atoms with E-state index in [1.165, 1.54) is 18.9 Å². The Balaban J connectivity index is 2.54. The van der Waals surface area contributed by atoms with Crippen molar-refractivity contribution < 1.29 is 14.3 Å². The third-order valence-electron chi connectivity index (χ3n) is 2.98. The molecule has 0 spiro atoms. The standard InChI is InChI=1S/C16H23NO3S/c1-11(2)9-13(16(19)20-4)17-15(18)10-21-14-8-6-5-7-12(14)3/h5-8,11,13H,9-10H2,1-4H3,(H,17,18). The van der Waals surface area contributed by atoms with Gasteiger partial charge in [-0.15, -0.1) is 11.8 Å². The van der Waals surface area contributed by atoms with E-state index >= 15 is 0 Å². The number of methoxy groups -OCH3 is 1. The molecular formula is C16H23NO3S. The molecule has 1 aromatic rings. The molecule has 21 heavy (non-hydrogen) atoms. The second-order valence-electron chi connectivity index (χ2n) is 5.33. The normalized spacial score (nSPS) is 12.0. The monoisotopic (exact) mass is 309 g/mol. The van der Waals surface area contributed by atoms with Crippen LogP contribution in [0.4, 0.5) is 0 Å². The van der Waals surface area contributed by atoms with Crippen molar-refractivity contribution in [2.45, 2.75) is 38.1 Å². The molecule has 0 fully saturated rings. The Bertz CT molecular complexity index is 488. The first-order valence-corrected chi connectivity index (χ1v) is 7.98. The van der Waals surface area contributed by atoms with E-state index in [9.17, 15) is 9.59 Å². The Morgan fingerprint density at radius 1 is 1.29 bits per heavy atom. The van der Waals surface area contributed by atoms with Crippen LogP contribution < -0.4 is 5.32 Å². The predicted molar refractivity (Wildman–Crippen MR) is 85.3 cm³/mol. The fraction of sp³-hybridized carbons (Fsp3) is 0.500. The van der Waals surface area contributed by atoms with Gasteiger partial charge in [0.05, 0.1) is 12.9 Å². The molecule has 0 aliphatic carbocycles. The fourth-order valence-corrected chi connectivity index (χ4v) is 2.77. The Hall–Kier alpha value is -1.49. The van der Waals surface area contributed by atoms with Crippen LogP contribution in [-0.4, -0.2) is 30.8 Å². The molecule has 1 rings (SSSR count). The summed E-state index contributed by atoms with van der Waals surface area (Å²) in [6.07, 6.45) is 0.577. The fourth-order valence-electron chi connectivity index (χ4n) is 1.93. The zero-order valence-corrected chi connectivity index (χ0v) is 13.8. The predicted octanol–water partition coefficient (Wildman–Crippen LogP) is 2.79. The van der Waals surface area contributed by atoms with Crippen molar-refractivity contribution >= 4 is 23.6 Å². The smallest absolute Gasteiger partial charge is 0.328 e. The lowest BCUT2D eigenvalue weighted by atomic mass is 10.0. The Morgan fingerprint density at radius 2 is 1.95 bits per heavy atom. The maximum Gasteiger partial charge on any atom is 0.328 e. The van der Waals surface area contributed by atoms with Crippen molar-refractivity contribution in [1.82, 2.24) is 5.32 Å². The number of esters is 1. The number of ether oxygens (including phenoxy) is 1. The minimum Gasteiger partial charge on any atom is -0.467 e. The number of carbonyl (C=O) groups is 2. The van der Waals surface area contributed by atoms with Crippen molar-refractivity contribution in [1.29, 1.82) is 0 Å². The first-order chi connectivity index (χ1) is 9.93. The number of aryl methyl sites for hydroxylation is 1. The van der Waals surface area contributed by atoms with Crippen molar-refractivity contribution in [2.24, 2.45) is 5.92 Å². The molecule has 1 amide bonds. The zero-order chi connectivity index (χ0) is 15.8. The quantitative estimate of drug-likeness (QED) is 0.621. The Morgan fingerprint density at radius 3 is 2.52 bits per heavy atom. The van der Waals surface area contributed by atoms with Crippen LogP contribution in [0.3, 0.4) is 0 Å². The minimum absolute atomic E-state index is 0.153. The zero-order valence-electron chi connectivity index (χ0n) is 13.0. The van der Waals surface area contributed by atoms with Gasteiger partial charge in [0.15, 0.2) is 0 Å². The molecule has 0 bridgehead atoms. The Kier molecular flexibility index (Phi) is 7.29. The number of benzene rings is 1. The van der Waals surface area contributed by atoms with E-state index in [-0.39, 0.29) is 11.7 Å². The second-order valence-corrected chi connectivity index (χ2v) is 6.34. The van der Waals surface area contributed by atoms with E-state index in [4.69, 9.17) is 4.74 Å². The summed E-state index contributed by atoms with van der Waals surface area (Å²) in [4.78, 5) is 24.7. The van der Waals surface area contributed by atoms with E-state index < -0.39 is 12.0 Å². The summed E-state index contributed by atoms with van der Waals surface area (Å²) in [5.41, 5.74) is 1.14. The lowest BCUT2D eigenvalue weighted by molar-refractivity contribution is -0.145. The molecule has 0 aliphatic heterocycles. The SMILES string of the molecule is COC(=O)C(CC(C)C)NC(=O)CSc1ccccc1C. The van der Waals surface area contributed by atoms with Crippen molar-refractivity contribution in [2.75, 3.05) is 12.9 Å². The number of hydrogen-bond acceptors (Lipinski definition) is 4. The van der Waals surface area contributed by atoms with Crippen LogP contribution in [0.25, 0.3) is 0 Å². The molecule has 5 heteroatoms. The van der Waals surface area contributed by atoms with Crippen molar-refractivity contribution in [3.05, 3.63) is 29.8 Å². The van der Waals surface area contributed by atoms with Gasteiger partial charge in [-0.05, 0) is 30.9 Å². The number of thioether (sulfide) groups is 1. The summed E-state index contributed by atoms with van der Waals surface area (Å²) in [7, 11) is 1.34. The van der Waals surface area contributed by atoms with Crippen molar-refractivity contribution in [3.63, 3.8) is 0 Å². The lowest BCUT2D eigenvalue weighted by Gasteiger charge is -2.18. The van der Waals surface area contributed by atoms with Gasteiger partial charge in [0.25, 0.3) is 0 Å². The molecule has 0 aliphatic rings. The summed E-state index contributed by atoms with van der Waals surface area (Å²) >= 11 is 1.47. The molecule has 1 atom stereocenters. The maximum atomic E-state index is 12.0. The highest BCUT2D eigenvalue weighted by atomic mass is 32.2. The van der Waals surface area contributed by atoms with Crippen LogP contribution >= 0.6 is 11.8 Å². The average Bonchev–Trinajstić information content (AvgIpc) is 2.44. The van der Waals surface area contributed by atoms with Crippen LogP contribution in [0.2, 0.25) is 0 Å². The summed E-state index contributed by atoms with van der Waals surface area (Å²) in [5, 5.41) is 2.75. The number of amides is 1. The van der Waals surface area contributed by atoms with Crippen LogP contribution in [0.15, 0.2) is 29.2 Å². The number of nitrogens with one attached hydrogen (secondary N) is 1. The molecule has 4 nitrogen and oxygen atoms in total. The summed E-state index contributed by atoms with van der Waals surface area (Å²) < 4.78 is 4.74. The van der Waals surface area contributed by atoms with E-state index in [2.05, 4.69) is 5.32 Å². The second kappa shape index (κ2) is 8.72. The summed E-state index contributed by atoms with van der Waals surface area (Å²) in [6.45, 7) is 6.02. The average molecular weight is 309 g/mol. The van der Waals surface area contributed by atoms with Gasteiger partial charge >= 0.3 is 5.97 Å². The third-order valence-corrected chi connectivity index (χ3v) is 4.16. The highest BCUT2D eigenvalue weighted by Gasteiger charge is 2.22. The molecule has 0 saturated heterocycles. The molecule has 1 N–H and O–H groups in total. The topological polar surface area (TPSA) is 55.4 Å². The van der Waals surface area contributed by atoms with Crippen LogP contribution in [0.1, 0.15) is 25.8 Å². The molecule has 0 heterocycles. The van der Waals surface area contributed by atoms with Gasteiger partial charge in [-0.2, -0.15) is 0 Å². The first-order valence-electron chi connectivity index (χ1n) is 6.99. The van der Waals surface area contributed by atoms with Gasteiger partial charge in [0, 0.05) is 4.90 Å². The lowest BCUT2D eigenvalue weighted by Crippen LogP contribution is -2.43. The Labute approximate surface area is 130 Å². The highest BCUT2D eigenvalue weighted by Crippen LogP contribution is 2.21. The highest BCUT2D eigenvalue weighted by molar-refractivity contribution is 8.00.